The number of ether oxygens (including phenoxy) is 1. The third-order valence-corrected chi connectivity index (χ3v) is 6.45. The first kappa shape index (κ1) is 21.6. The molecule has 1 unspecified atom stereocenters. The van der Waals surface area contributed by atoms with E-state index in [9.17, 15) is 14.0 Å². The van der Waals surface area contributed by atoms with E-state index in [0.717, 1.165) is 18.9 Å². The Bertz CT molecular complexity index is 1010. The molecule has 0 aliphatic carbocycles. The summed E-state index contributed by atoms with van der Waals surface area (Å²) in [6.45, 7) is 5.75. The molecule has 2 amide bonds. The van der Waals surface area contributed by atoms with Crippen LogP contribution in [-0.4, -0.2) is 85.7 Å². The van der Waals surface area contributed by atoms with Gasteiger partial charge in [0.2, 0.25) is 17.8 Å². The Morgan fingerprint density at radius 2 is 1.70 bits per heavy atom. The molecule has 4 heterocycles. The zero-order valence-electron chi connectivity index (χ0n) is 18.4. The van der Waals surface area contributed by atoms with Gasteiger partial charge >= 0.3 is 0 Å². The van der Waals surface area contributed by atoms with Gasteiger partial charge in [0.05, 0.1) is 19.1 Å². The summed E-state index contributed by atoms with van der Waals surface area (Å²) in [6, 6.07) is 7.71. The molecule has 10 heteroatoms. The van der Waals surface area contributed by atoms with Crippen LogP contribution in [0.3, 0.4) is 0 Å². The molecule has 0 spiro atoms. The Morgan fingerprint density at radius 3 is 2.42 bits per heavy atom. The van der Waals surface area contributed by atoms with E-state index in [1.807, 2.05) is 11.0 Å². The summed E-state index contributed by atoms with van der Waals surface area (Å²) in [6.07, 6.45) is 1.96. The molecular formula is C23H27FN6O3. The second-order valence-corrected chi connectivity index (χ2v) is 8.51. The fourth-order valence-electron chi connectivity index (χ4n) is 4.59. The molecule has 9 nitrogen and oxygen atoms in total. The SMILES string of the molecule is O=C(C1CC(=O)N(c2ccc(F)cc2)C1)N1CCN(c2ccnc(N3CCOCC3)n2)CC1. The molecule has 1 aromatic carbocycles. The van der Waals surface area contributed by atoms with E-state index in [0.29, 0.717) is 57.6 Å². The minimum Gasteiger partial charge on any atom is -0.378 e. The molecule has 0 bridgehead atoms. The van der Waals surface area contributed by atoms with E-state index in [1.54, 1.807) is 23.2 Å². The Balaban J connectivity index is 1.18. The number of halogens is 1. The Morgan fingerprint density at radius 1 is 0.970 bits per heavy atom. The van der Waals surface area contributed by atoms with Crippen LogP contribution >= 0.6 is 0 Å². The van der Waals surface area contributed by atoms with Gasteiger partial charge in [0, 0.05) is 64.1 Å². The molecule has 3 aliphatic rings. The number of hydrogen-bond donors (Lipinski definition) is 0. The molecule has 0 radical (unpaired) electrons. The summed E-state index contributed by atoms with van der Waals surface area (Å²) < 4.78 is 18.6. The van der Waals surface area contributed by atoms with Gasteiger partial charge in [0.15, 0.2) is 0 Å². The smallest absolute Gasteiger partial charge is 0.228 e. The van der Waals surface area contributed by atoms with E-state index >= 15 is 0 Å². The summed E-state index contributed by atoms with van der Waals surface area (Å²) in [7, 11) is 0. The topological polar surface area (TPSA) is 82.1 Å². The highest BCUT2D eigenvalue weighted by atomic mass is 19.1. The molecule has 2 aromatic rings. The number of hydrogen-bond acceptors (Lipinski definition) is 7. The molecule has 5 rings (SSSR count). The fourth-order valence-corrected chi connectivity index (χ4v) is 4.59. The summed E-state index contributed by atoms with van der Waals surface area (Å²) in [5.74, 6) is 0.744. The van der Waals surface area contributed by atoms with E-state index in [4.69, 9.17) is 9.72 Å². The fraction of sp³-hybridized carbons (Fsp3) is 0.478. The van der Waals surface area contributed by atoms with Crippen molar-refractivity contribution in [2.75, 3.05) is 73.7 Å². The van der Waals surface area contributed by atoms with Crippen molar-refractivity contribution in [3.63, 3.8) is 0 Å². The quantitative estimate of drug-likeness (QED) is 0.686. The highest BCUT2D eigenvalue weighted by Gasteiger charge is 2.38. The molecule has 1 aromatic heterocycles. The number of benzene rings is 1. The molecule has 0 N–H and O–H groups in total. The lowest BCUT2D eigenvalue weighted by molar-refractivity contribution is -0.136. The number of carbonyl (C=O) groups excluding carboxylic acids is 2. The van der Waals surface area contributed by atoms with Crippen LogP contribution in [0.25, 0.3) is 0 Å². The van der Waals surface area contributed by atoms with E-state index < -0.39 is 0 Å². The van der Waals surface area contributed by atoms with E-state index in [1.165, 1.54) is 12.1 Å². The van der Waals surface area contributed by atoms with Crippen LogP contribution in [-0.2, 0) is 14.3 Å². The third-order valence-electron chi connectivity index (χ3n) is 6.45. The highest BCUT2D eigenvalue weighted by Crippen LogP contribution is 2.27. The molecule has 3 aliphatic heterocycles. The molecular weight excluding hydrogens is 427 g/mol. The van der Waals surface area contributed by atoms with Gasteiger partial charge < -0.3 is 24.3 Å². The summed E-state index contributed by atoms with van der Waals surface area (Å²) in [5, 5.41) is 0. The predicted molar refractivity (Wildman–Crippen MR) is 121 cm³/mol. The first-order valence-corrected chi connectivity index (χ1v) is 11.3. The number of rotatable bonds is 4. The Hall–Kier alpha value is -3.27. The van der Waals surface area contributed by atoms with Gasteiger partial charge in [-0.05, 0) is 30.3 Å². The number of nitrogens with zero attached hydrogens (tertiary/aromatic N) is 6. The van der Waals surface area contributed by atoms with Crippen LogP contribution in [0.4, 0.5) is 21.8 Å². The molecule has 33 heavy (non-hydrogen) atoms. The van der Waals surface area contributed by atoms with Crippen molar-refractivity contribution < 1.29 is 18.7 Å². The van der Waals surface area contributed by atoms with Crippen molar-refractivity contribution in [2.24, 2.45) is 5.92 Å². The van der Waals surface area contributed by atoms with Gasteiger partial charge in [-0.2, -0.15) is 4.98 Å². The van der Waals surface area contributed by atoms with Gasteiger partial charge in [0.1, 0.15) is 11.6 Å². The van der Waals surface area contributed by atoms with Crippen LogP contribution in [0.15, 0.2) is 36.5 Å². The number of carbonyl (C=O) groups is 2. The van der Waals surface area contributed by atoms with Gasteiger partial charge in [-0.25, -0.2) is 9.37 Å². The van der Waals surface area contributed by atoms with Crippen LogP contribution < -0.4 is 14.7 Å². The zero-order valence-corrected chi connectivity index (χ0v) is 18.4. The molecule has 0 saturated carbocycles. The lowest BCUT2D eigenvalue weighted by atomic mass is 10.1. The number of piperazine rings is 1. The van der Waals surface area contributed by atoms with Crippen molar-refractivity contribution in [3.8, 4) is 0 Å². The molecule has 3 fully saturated rings. The minimum absolute atomic E-state index is 0.00399. The van der Waals surface area contributed by atoms with Crippen molar-refractivity contribution in [1.82, 2.24) is 14.9 Å². The predicted octanol–water partition coefficient (Wildman–Crippen LogP) is 1.15. The standard InChI is InChI=1S/C23H27FN6O3/c24-18-1-3-19(4-2-18)30-16-17(15-21(30)31)22(32)28-9-7-27(8-10-28)20-5-6-25-23(26-20)29-11-13-33-14-12-29/h1-6,17H,7-16H2. The minimum atomic E-state index is -0.374. The van der Waals surface area contributed by atoms with Crippen molar-refractivity contribution >= 4 is 29.3 Å². The largest absolute Gasteiger partial charge is 0.378 e. The van der Waals surface area contributed by atoms with E-state index in [-0.39, 0.29) is 30.0 Å². The Kier molecular flexibility index (Phi) is 6.08. The van der Waals surface area contributed by atoms with Crippen molar-refractivity contribution in [2.45, 2.75) is 6.42 Å². The number of anilines is 3. The van der Waals surface area contributed by atoms with Crippen molar-refractivity contribution in [3.05, 3.63) is 42.3 Å². The number of aromatic nitrogens is 2. The molecule has 3 saturated heterocycles. The maximum atomic E-state index is 13.2. The van der Waals surface area contributed by atoms with Crippen LogP contribution in [0.1, 0.15) is 6.42 Å². The Labute approximate surface area is 191 Å². The van der Waals surface area contributed by atoms with Gasteiger partial charge in [-0.3, -0.25) is 9.59 Å². The molecule has 174 valence electrons. The average Bonchev–Trinajstić information content (AvgIpc) is 3.26. The summed E-state index contributed by atoms with van der Waals surface area (Å²) >= 11 is 0. The second-order valence-electron chi connectivity index (χ2n) is 8.51. The second kappa shape index (κ2) is 9.30. The van der Waals surface area contributed by atoms with Gasteiger partial charge in [-0.15, -0.1) is 0 Å². The van der Waals surface area contributed by atoms with Crippen LogP contribution in [0.2, 0.25) is 0 Å². The van der Waals surface area contributed by atoms with Crippen LogP contribution in [0.5, 0.6) is 0 Å². The third kappa shape index (κ3) is 4.61. The van der Waals surface area contributed by atoms with Gasteiger partial charge in [-0.1, -0.05) is 0 Å². The average molecular weight is 455 g/mol. The number of amides is 2. The lowest BCUT2D eigenvalue weighted by Crippen LogP contribution is -2.51. The first-order chi connectivity index (χ1) is 16.1. The van der Waals surface area contributed by atoms with Crippen molar-refractivity contribution in [1.29, 1.82) is 0 Å². The summed E-state index contributed by atoms with van der Waals surface area (Å²) in [5.41, 5.74) is 0.626. The normalized spacial score (nSPS) is 21.6. The highest BCUT2D eigenvalue weighted by molar-refractivity contribution is 6.00. The maximum absolute atomic E-state index is 13.2. The molecule has 1 atom stereocenters. The van der Waals surface area contributed by atoms with Gasteiger partial charge in [0.25, 0.3) is 0 Å². The zero-order chi connectivity index (χ0) is 22.8. The monoisotopic (exact) mass is 454 g/mol. The van der Waals surface area contributed by atoms with E-state index in [2.05, 4.69) is 14.8 Å². The maximum Gasteiger partial charge on any atom is 0.228 e. The lowest BCUT2D eigenvalue weighted by Gasteiger charge is -2.36. The first-order valence-electron chi connectivity index (χ1n) is 11.3. The number of morpholine rings is 1. The summed E-state index contributed by atoms with van der Waals surface area (Å²) in [4.78, 5) is 42.4. The van der Waals surface area contributed by atoms with Crippen LogP contribution in [0, 0.1) is 11.7 Å².